The Kier molecular flexibility index (Phi) is 5.38. The minimum Gasteiger partial charge on any atom is -0.492 e. The number of hydrogen-bond acceptors (Lipinski definition) is 4. The first-order chi connectivity index (χ1) is 10.7. The van der Waals surface area contributed by atoms with Gasteiger partial charge in [-0.3, -0.25) is 4.79 Å². The van der Waals surface area contributed by atoms with Gasteiger partial charge in [0.25, 0.3) is 5.91 Å². The molecule has 0 aliphatic heterocycles. The Labute approximate surface area is 129 Å². The molecule has 0 aliphatic rings. The molecule has 0 spiro atoms. The van der Waals surface area contributed by atoms with Gasteiger partial charge >= 0.3 is 0 Å². The van der Waals surface area contributed by atoms with Gasteiger partial charge in [0.15, 0.2) is 0 Å². The third-order valence-electron chi connectivity index (χ3n) is 3.07. The third kappa shape index (κ3) is 4.00. The SMILES string of the molecule is CNC(=O)c1ccccc1NCCOc1ccc(C#N)cc1. The van der Waals surface area contributed by atoms with Gasteiger partial charge in [-0.15, -0.1) is 0 Å². The van der Waals surface area contributed by atoms with Crippen molar-refractivity contribution in [3.05, 3.63) is 59.7 Å². The number of carbonyl (C=O) groups excluding carboxylic acids is 1. The van der Waals surface area contributed by atoms with Crippen molar-refractivity contribution in [1.82, 2.24) is 5.32 Å². The molecule has 0 aliphatic carbocycles. The summed E-state index contributed by atoms with van der Waals surface area (Å²) in [5.74, 6) is 0.580. The van der Waals surface area contributed by atoms with E-state index in [1.54, 1.807) is 37.4 Å². The predicted molar refractivity (Wildman–Crippen MR) is 85.0 cm³/mol. The predicted octanol–water partition coefficient (Wildman–Crippen LogP) is 2.41. The maximum atomic E-state index is 11.7. The van der Waals surface area contributed by atoms with Crippen molar-refractivity contribution in [3.63, 3.8) is 0 Å². The zero-order valence-corrected chi connectivity index (χ0v) is 12.3. The lowest BCUT2D eigenvalue weighted by Crippen LogP contribution is -2.20. The van der Waals surface area contributed by atoms with Gasteiger partial charge in [0.1, 0.15) is 12.4 Å². The van der Waals surface area contributed by atoms with Gasteiger partial charge in [-0.05, 0) is 36.4 Å². The fourth-order valence-electron chi connectivity index (χ4n) is 1.95. The van der Waals surface area contributed by atoms with Gasteiger partial charge in [-0.2, -0.15) is 5.26 Å². The normalized spacial score (nSPS) is 9.64. The summed E-state index contributed by atoms with van der Waals surface area (Å²) in [4.78, 5) is 11.7. The molecule has 2 aromatic rings. The molecule has 2 N–H and O–H groups in total. The number of carbonyl (C=O) groups is 1. The minimum atomic E-state index is -0.129. The Balaban J connectivity index is 1.86. The summed E-state index contributed by atoms with van der Waals surface area (Å²) in [5.41, 5.74) is 1.97. The standard InChI is InChI=1S/C17H17N3O2/c1-19-17(21)15-4-2-3-5-16(15)20-10-11-22-14-8-6-13(12-18)7-9-14/h2-9,20H,10-11H2,1H3,(H,19,21). The summed E-state index contributed by atoms with van der Waals surface area (Å²) < 4.78 is 5.58. The average molecular weight is 295 g/mol. The minimum absolute atomic E-state index is 0.129. The van der Waals surface area contributed by atoms with Gasteiger partial charge in [0.2, 0.25) is 0 Å². The molecule has 0 radical (unpaired) electrons. The van der Waals surface area contributed by atoms with Crippen LogP contribution in [-0.2, 0) is 0 Å². The van der Waals surface area contributed by atoms with Crippen molar-refractivity contribution in [3.8, 4) is 11.8 Å². The number of nitrogens with one attached hydrogen (secondary N) is 2. The van der Waals surface area contributed by atoms with Crippen molar-refractivity contribution in [2.45, 2.75) is 0 Å². The molecule has 0 saturated carbocycles. The van der Waals surface area contributed by atoms with E-state index in [-0.39, 0.29) is 5.91 Å². The molecule has 0 atom stereocenters. The molecule has 112 valence electrons. The summed E-state index contributed by atoms with van der Waals surface area (Å²) in [7, 11) is 1.60. The smallest absolute Gasteiger partial charge is 0.253 e. The van der Waals surface area contributed by atoms with Crippen molar-refractivity contribution >= 4 is 11.6 Å². The van der Waals surface area contributed by atoms with Gasteiger partial charge in [-0.25, -0.2) is 0 Å². The van der Waals surface area contributed by atoms with E-state index in [4.69, 9.17) is 10.00 Å². The lowest BCUT2D eigenvalue weighted by molar-refractivity contribution is 0.0964. The second kappa shape index (κ2) is 7.70. The first kappa shape index (κ1) is 15.4. The quantitative estimate of drug-likeness (QED) is 0.803. The van der Waals surface area contributed by atoms with Crippen LogP contribution in [0.3, 0.4) is 0 Å². The van der Waals surface area contributed by atoms with Crippen molar-refractivity contribution in [2.24, 2.45) is 0 Å². The topological polar surface area (TPSA) is 74.2 Å². The number of amides is 1. The molecule has 1 amide bonds. The Morgan fingerprint density at radius 3 is 2.59 bits per heavy atom. The van der Waals surface area contributed by atoms with Crippen LogP contribution in [0.5, 0.6) is 5.75 Å². The summed E-state index contributed by atoms with van der Waals surface area (Å²) in [6, 6.07) is 16.3. The highest BCUT2D eigenvalue weighted by atomic mass is 16.5. The van der Waals surface area contributed by atoms with Crippen LogP contribution in [-0.4, -0.2) is 26.1 Å². The fraction of sp³-hybridized carbons (Fsp3) is 0.176. The van der Waals surface area contributed by atoms with E-state index in [1.165, 1.54) is 0 Å². The van der Waals surface area contributed by atoms with Crippen LogP contribution in [0.2, 0.25) is 0 Å². The zero-order chi connectivity index (χ0) is 15.8. The number of ether oxygens (including phenoxy) is 1. The van der Waals surface area contributed by atoms with Gasteiger partial charge in [0, 0.05) is 19.3 Å². The lowest BCUT2D eigenvalue weighted by Gasteiger charge is -2.11. The second-order valence-corrected chi connectivity index (χ2v) is 4.54. The number of rotatable bonds is 6. The summed E-state index contributed by atoms with van der Waals surface area (Å²) in [5, 5.41) is 14.5. The number of hydrogen-bond donors (Lipinski definition) is 2. The van der Waals surface area contributed by atoms with Gasteiger partial charge in [0.05, 0.1) is 17.2 Å². The highest BCUT2D eigenvalue weighted by molar-refractivity contribution is 5.99. The fourth-order valence-corrected chi connectivity index (χ4v) is 1.95. The van der Waals surface area contributed by atoms with Crippen LogP contribution in [0.4, 0.5) is 5.69 Å². The molecular weight excluding hydrogens is 278 g/mol. The lowest BCUT2D eigenvalue weighted by atomic mass is 10.1. The highest BCUT2D eigenvalue weighted by Crippen LogP contribution is 2.15. The molecule has 0 bridgehead atoms. The molecule has 22 heavy (non-hydrogen) atoms. The molecule has 0 fully saturated rings. The zero-order valence-electron chi connectivity index (χ0n) is 12.3. The molecular formula is C17H17N3O2. The van der Waals surface area contributed by atoms with E-state index in [0.717, 1.165) is 5.69 Å². The Morgan fingerprint density at radius 2 is 1.91 bits per heavy atom. The molecule has 5 nitrogen and oxygen atoms in total. The number of nitrogens with zero attached hydrogens (tertiary/aromatic N) is 1. The maximum Gasteiger partial charge on any atom is 0.253 e. The van der Waals surface area contributed by atoms with E-state index in [0.29, 0.717) is 30.0 Å². The highest BCUT2D eigenvalue weighted by Gasteiger charge is 2.08. The average Bonchev–Trinajstić information content (AvgIpc) is 2.59. The molecule has 0 unspecified atom stereocenters. The van der Waals surface area contributed by atoms with Crippen molar-refractivity contribution in [1.29, 1.82) is 5.26 Å². The monoisotopic (exact) mass is 295 g/mol. The van der Waals surface area contributed by atoms with E-state index >= 15 is 0 Å². The summed E-state index contributed by atoms with van der Waals surface area (Å²) in [6.45, 7) is 1.02. The molecule has 2 aromatic carbocycles. The molecule has 0 saturated heterocycles. The van der Waals surface area contributed by atoms with Crippen LogP contribution in [0.1, 0.15) is 15.9 Å². The van der Waals surface area contributed by atoms with Crippen molar-refractivity contribution < 1.29 is 9.53 Å². The van der Waals surface area contributed by atoms with Crippen LogP contribution in [0.25, 0.3) is 0 Å². The third-order valence-corrected chi connectivity index (χ3v) is 3.07. The first-order valence-electron chi connectivity index (χ1n) is 6.92. The number of benzene rings is 2. The van der Waals surface area contributed by atoms with Crippen LogP contribution in [0.15, 0.2) is 48.5 Å². The largest absolute Gasteiger partial charge is 0.492 e. The number of anilines is 1. The van der Waals surface area contributed by atoms with Crippen molar-refractivity contribution in [2.75, 3.05) is 25.5 Å². The molecule has 2 rings (SSSR count). The van der Waals surface area contributed by atoms with Crippen LogP contribution in [0, 0.1) is 11.3 Å². The Hall–Kier alpha value is -3.00. The second-order valence-electron chi connectivity index (χ2n) is 4.54. The Bertz CT molecular complexity index is 675. The maximum absolute atomic E-state index is 11.7. The van der Waals surface area contributed by atoms with E-state index in [9.17, 15) is 4.79 Å². The van der Waals surface area contributed by atoms with Crippen LogP contribution < -0.4 is 15.4 Å². The van der Waals surface area contributed by atoms with E-state index in [1.807, 2.05) is 18.2 Å². The number of para-hydroxylation sites is 1. The summed E-state index contributed by atoms with van der Waals surface area (Å²) >= 11 is 0. The van der Waals surface area contributed by atoms with Gasteiger partial charge < -0.3 is 15.4 Å². The summed E-state index contributed by atoms with van der Waals surface area (Å²) in [6.07, 6.45) is 0. The Morgan fingerprint density at radius 1 is 1.18 bits per heavy atom. The molecule has 0 aromatic heterocycles. The number of nitriles is 1. The molecule has 0 heterocycles. The first-order valence-corrected chi connectivity index (χ1v) is 6.92. The van der Waals surface area contributed by atoms with E-state index < -0.39 is 0 Å². The van der Waals surface area contributed by atoms with Crippen LogP contribution >= 0.6 is 0 Å². The van der Waals surface area contributed by atoms with Gasteiger partial charge in [-0.1, -0.05) is 12.1 Å². The van der Waals surface area contributed by atoms with E-state index in [2.05, 4.69) is 16.7 Å². The molecule has 5 heteroatoms.